The van der Waals surface area contributed by atoms with E-state index >= 15 is 0 Å². The number of nitrogens with one attached hydrogen (secondary N) is 1. The largest absolute Gasteiger partial charge is 0.472 e. The molecule has 1 fully saturated rings. The summed E-state index contributed by atoms with van der Waals surface area (Å²) in [7, 11) is 0. The molecule has 2 aromatic rings. The minimum atomic E-state index is -0.0313. The Morgan fingerprint density at radius 2 is 2.00 bits per heavy atom. The van der Waals surface area contributed by atoms with Crippen molar-refractivity contribution in [2.45, 2.75) is 30.7 Å². The number of carbonyl (C=O) groups is 2. The van der Waals surface area contributed by atoms with Crippen LogP contribution in [-0.2, 0) is 0 Å². The Kier molecular flexibility index (Phi) is 5.81. The maximum Gasteiger partial charge on any atom is 0.257 e. The van der Waals surface area contributed by atoms with Crippen LogP contribution in [0.15, 0.2) is 52.2 Å². The van der Waals surface area contributed by atoms with Crippen molar-refractivity contribution in [3.8, 4) is 0 Å². The van der Waals surface area contributed by atoms with Gasteiger partial charge in [0.15, 0.2) is 0 Å². The first-order valence-electron chi connectivity index (χ1n) is 8.53. The molecule has 0 saturated carbocycles. The number of benzene rings is 1. The summed E-state index contributed by atoms with van der Waals surface area (Å²) in [5.74, 6) is 0.887. The highest BCUT2D eigenvalue weighted by Gasteiger charge is 2.25. The summed E-state index contributed by atoms with van der Waals surface area (Å²) in [5.41, 5.74) is 1.30. The van der Waals surface area contributed by atoms with Gasteiger partial charge in [-0.25, -0.2) is 0 Å². The summed E-state index contributed by atoms with van der Waals surface area (Å²) < 4.78 is 4.97. The van der Waals surface area contributed by atoms with E-state index in [-0.39, 0.29) is 17.9 Å². The Bertz CT molecular complexity index is 722. The molecular formula is C19H22N2O3S. The monoisotopic (exact) mass is 358 g/mol. The molecule has 2 heterocycles. The van der Waals surface area contributed by atoms with Gasteiger partial charge in [0.25, 0.3) is 11.8 Å². The van der Waals surface area contributed by atoms with Crippen LogP contribution >= 0.6 is 11.8 Å². The van der Waals surface area contributed by atoms with Crippen molar-refractivity contribution < 1.29 is 14.0 Å². The summed E-state index contributed by atoms with van der Waals surface area (Å²) in [4.78, 5) is 27.7. The Labute approximate surface area is 151 Å². The molecular weight excluding hydrogens is 336 g/mol. The SMILES string of the molecule is CCSc1ccccc1C(=O)NC1CCN(C(=O)c2ccoc2)CC1. The Morgan fingerprint density at radius 3 is 2.68 bits per heavy atom. The third-order valence-electron chi connectivity index (χ3n) is 4.32. The maximum absolute atomic E-state index is 12.6. The van der Waals surface area contributed by atoms with Gasteiger partial charge in [0.05, 0.1) is 17.4 Å². The second-order valence-corrected chi connectivity index (χ2v) is 7.29. The quantitative estimate of drug-likeness (QED) is 0.832. The van der Waals surface area contributed by atoms with Crippen LogP contribution in [0.5, 0.6) is 0 Å². The van der Waals surface area contributed by atoms with Gasteiger partial charge < -0.3 is 14.6 Å². The molecule has 1 aromatic carbocycles. The molecule has 1 aliphatic rings. The van der Waals surface area contributed by atoms with E-state index in [0.717, 1.165) is 29.1 Å². The lowest BCUT2D eigenvalue weighted by Gasteiger charge is -2.32. The van der Waals surface area contributed by atoms with Crippen LogP contribution in [0.25, 0.3) is 0 Å². The van der Waals surface area contributed by atoms with Gasteiger partial charge in [-0.1, -0.05) is 19.1 Å². The Hall–Kier alpha value is -2.21. The van der Waals surface area contributed by atoms with E-state index in [1.165, 1.54) is 12.5 Å². The normalized spacial score (nSPS) is 15.2. The standard InChI is InChI=1S/C19H22N2O3S/c1-2-25-17-6-4-3-5-16(17)18(22)20-15-7-10-21(11-8-15)19(23)14-9-12-24-13-14/h3-6,9,12-13,15H,2,7-8,10-11H2,1H3,(H,20,22). The van der Waals surface area contributed by atoms with E-state index in [1.54, 1.807) is 17.8 Å². The Balaban J connectivity index is 1.55. The first-order valence-corrected chi connectivity index (χ1v) is 9.51. The maximum atomic E-state index is 12.6. The molecule has 0 aliphatic carbocycles. The minimum Gasteiger partial charge on any atom is -0.472 e. The fourth-order valence-corrected chi connectivity index (χ4v) is 3.80. The van der Waals surface area contributed by atoms with Crippen molar-refractivity contribution in [1.82, 2.24) is 10.2 Å². The molecule has 0 atom stereocenters. The van der Waals surface area contributed by atoms with E-state index < -0.39 is 0 Å². The summed E-state index contributed by atoms with van der Waals surface area (Å²) in [5, 5.41) is 3.12. The summed E-state index contributed by atoms with van der Waals surface area (Å²) in [6, 6.07) is 9.47. The number of piperidine rings is 1. The molecule has 1 aliphatic heterocycles. The van der Waals surface area contributed by atoms with E-state index in [1.807, 2.05) is 29.2 Å². The van der Waals surface area contributed by atoms with Gasteiger partial charge in [-0.15, -0.1) is 11.8 Å². The molecule has 1 aromatic heterocycles. The number of carbonyl (C=O) groups excluding carboxylic acids is 2. The van der Waals surface area contributed by atoms with Crippen LogP contribution in [0, 0.1) is 0 Å². The number of hydrogen-bond acceptors (Lipinski definition) is 4. The summed E-state index contributed by atoms with van der Waals surface area (Å²) in [6.45, 7) is 3.35. The van der Waals surface area contributed by atoms with Crippen LogP contribution in [0.2, 0.25) is 0 Å². The van der Waals surface area contributed by atoms with Crippen molar-refractivity contribution in [3.05, 3.63) is 54.0 Å². The van der Waals surface area contributed by atoms with E-state index in [2.05, 4.69) is 12.2 Å². The zero-order valence-corrected chi connectivity index (χ0v) is 15.1. The molecule has 25 heavy (non-hydrogen) atoms. The molecule has 2 amide bonds. The molecule has 5 nitrogen and oxygen atoms in total. The number of furan rings is 1. The summed E-state index contributed by atoms with van der Waals surface area (Å²) in [6.07, 6.45) is 4.50. The van der Waals surface area contributed by atoms with E-state index in [9.17, 15) is 9.59 Å². The van der Waals surface area contributed by atoms with Crippen molar-refractivity contribution in [2.24, 2.45) is 0 Å². The van der Waals surface area contributed by atoms with Crippen LogP contribution in [0.1, 0.15) is 40.5 Å². The molecule has 1 N–H and O–H groups in total. The zero-order valence-electron chi connectivity index (χ0n) is 14.2. The zero-order chi connectivity index (χ0) is 17.6. The fourth-order valence-electron chi connectivity index (χ4n) is 2.99. The second-order valence-electron chi connectivity index (χ2n) is 5.98. The third-order valence-corrected chi connectivity index (χ3v) is 5.27. The number of thioether (sulfide) groups is 1. The molecule has 3 rings (SSSR count). The number of nitrogens with zero attached hydrogens (tertiary/aromatic N) is 1. The number of hydrogen-bond donors (Lipinski definition) is 1. The first-order chi connectivity index (χ1) is 12.2. The topological polar surface area (TPSA) is 62.6 Å². The van der Waals surface area contributed by atoms with Gasteiger partial charge in [0.1, 0.15) is 6.26 Å². The molecule has 132 valence electrons. The van der Waals surface area contributed by atoms with Crippen LogP contribution < -0.4 is 5.32 Å². The summed E-state index contributed by atoms with van der Waals surface area (Å²) >= 11 is 1.67. The van der Waals surface area contributed by atoms with Crippen molar-refractivity contribution in [2.75, 3.05) is 18.8 Å². The highest BCUT2D eigenvalue weighted by Crippen LogP contribution is 2.23. The number of rotatable bonds is 5. The average Bonchev–Trinajstić information content (AvgIpc) is 3.17. The lowest BCUT2D eigenvalue weighted by atomic mass is 10.0. The minimum absolute atomic E-state index is 0.0109. The lowest BCUT2D eigenvalue weighted by Crippen LogP contribution is -2.46. The number of likely N-dealkylation sites (tertiary alicyclic amines) is 1. The molecule has 0 spiro atoms. The van der Waals surface area contributed by atoms with E-state index in [0.29, 0.717) is 18.7 Å². The fraction of sp³-hybridized carbons (Fsp3) is 0.368. The molecule has 0 unspecified atom stereocenters. The van der Waals surface area contributed by atoms with Crippen LogP contribution in [-0.4, -0.2) is 41.6 Å². The lowest BCUT2D eigenvalue weighted by molar-refractivity contribution is 0.0697. The molecule has 0 radical (unpaired) electrons. The predicted molar refractivity (Wildman–Crippen MR) is 97.9 cm³/mol. The Morgan fingerprint density at radius 1 is 1.24 bits per heavy atom. The molecule has 6 heteroatoms. The molecule has 0 bridgehead atoms. The van der Waals surface area contributed by atoms with Gasteiger partial charge in [0.2, 0.25) is 0 Å². The molecule has 1 saturated heterocycles. The first kappa shape index (κ1) is 17.6. The van der Waals surface area contributed by atoms with Crippen molar-refractivity contribution in [1.29, 1.82) is 0 Å². The van der Waals surface area contributed by atoms with Gasteiger partial charge in [0, 0.05) is 24.0 Å². The van der Waals surface area contributed by atoms with Gasteiger partial charge >= 0.3 is 0 Å². The van der Waals surface area contributed by atoms with Crippen LogP contribution in [0.3, 0.4) is 0 Å². The highest BCUT2D eigenvalue weighted by atomic mass is 32.2. The second kappa shape index (κ2) is 8.25. The van der Waals surface area contributed by atoms with Gasteiger partial charge in [-0.3, -0.25) is 9.59 Å². The van der Waals surface area contributed by atoms with Crippen LogP contribution in [0.4, 0.5) is 0 Å². The van der Waals surface area contributed by atoms with E-state index in [4.69, 9.17) is 4.42 Å². The van der Waals surface area contributed by atoms with Gasteiger partial charge in [-0.2, -0.15) is 0 Å². The smallest absolute Gasteiger partial charge is 0.257 e. The highest BCUT2D eigenvalue weighted by molar-refractivity contribution is 7.99. The van der Waals surface area contributed by atoms with Crippen molar-refractivity contribution >= 4 is 23.6 Å². The third kappa shape index (κ3) is 4.25. The predicted octanol–water partition coefficient (Wildman–Crippen LogP) is 3.43. The van der Waals surface area contributed by atoms with Crippen molar-refractivity contribution in [3.63, 3.8) is 0 Å². The van der Waals surface area contributed by atoms with Gasteiger partial charge in [-0.05, 0) is 36.8 Å². The number of amides is 2. The average molecular weight is 358 g/mol.